The first-order valence-electron chi connectivity index (χ1n) is 11.8. The first-order valence-corrected chi connectivity index (χ1v) is 12.7. The zero-order valence-corrected chi connectivity index (χ0v) is 21.6. The van der Waals surface area contributed by atoms with Gasteiger partial charge in [0.05, 0.1) is 5.52 Å². The number of thiophene rings is 1. The molecule has 8 nitrogen and oxygen atoms in total. The monoisotopic (exact) mass is 504 g/mol. The van der Waals surface area contributed by atoms with E-state index in [9.17, 15) is 9.59 Å². The molecule has 0 bridgehead atoms. The van der Waals surface area contributed by atoms with E-state index in [-0.39, 0.29) is 11.7 Å². The van der Waals surface area contributed by atoms with Gasteiger partial charge in [0, 0.05) is 45.3 Å². The first-order chi connectivity index (χ1) is 17.4. The molecule has 9 heteroatoms. The lowest BCUT2D eigenvalue weighted by atomic mass is 10.1. The van der Waals surface area contributed by atoms with Crippen LogP contribution < -0.4 is 22.2 Å². The number of anilines is 2. The number of hydrogen-bond donors (Lipinski definition) is 4. The quantitative estimate of drug-likeness (QED) is 0.0862. The van der Waals surface area contributed by atoms with Crippen molar-refractivity contribution >= 4 is 61.9 Å². The van der Waals surface area contributed by atoms with Crippen LogP contribution in [0.1, 0.15) is 49.5 Å². The summed E-state index contributed by atoms with van der Waals surface area (Å²) < 4.78 is 1.12. The highest BCUT2D eigenvalue weighted by molar-refractivity contribution is 7.18. The molecule has 1 amide bonds. The molecule has 0 aliphatic carbocycles. The summed E-state index contributed by atoms with van der Waals surface area (Å²) in [5.41, 5.74) is 8.76. The number of benzene rings is 2. The summed E-state index contributed by atoms with van der Waals surface area (Å²) in [6, 6.07) is 15.2. The molecule has 2 aromatic carbocycles. The Morgan fingerprint density at radius 2 is 1.94 bits per heavy atom. The number of hydrazone groups is 1. The van der Waals surface area contributed by atoms with Crippen molar-refractivity contribution < 1.29 is 9.59 Å². The molecule has 2 aromatic heterocycles. The van der Waals surface area contributed by atoms with E-state index in [1.807, 2.05) is 68.6 Å². The maximum absolute atomic E-state index is 12.3. The Balaban J connectivity index is 0.000000538. The molecule has 0 saturated carbocycles. The van der Waals surface area contributed by atoms with E-state index in [1.54, 1.807) is 17.4 Å². The topological polar surface area (TPSA) is 135 Å². The Morgan fingerprint density at radius 1 is 1.14 bits per heavy atom. The molecule has 4 rings (SSSR count). The van der Waals surface area contributed by atoms with Crippen LogP contribution in [0.5, 0.6) is 0 Å². The average molecular weight is 505 g/mol. The summed E-state index contributed by atoms with van der Waals surface area (Å²) in [5.74, 6) is 6.73. The van der Waals surface area contributed by atoms with E-state index in [2.05, 4.69) is 15.7 Å². The Kier molecular flexibility index (Phi) is 9.35. The molecule has 6 N–H and O–H groups in total. The first kappa shape index (κ1) is 26.6. The minimum absolute atomic E-state index is 0.0890. The molecule has 0 saturated heterocycles. The number of fused-ring (bicyclic) bond motifs is 3. The van der Waals surface area contributed by atoms with E-state index < -0.39 is 0 Å². The van der Waals surface area contributed by atoms with Crippen molar-refractivity contribution in [2.45, 2.75) is 33.6 Å². The van der Waals surface area contributed by atoms with Crippen LogP contribution in [0.15, 0.2) is 59.0 Å². The van der Waals surface area contributed by atoms with Gasteiger partial charge in [0.15, 0.2) is 0 Å². The van der Waals surface area contributed by atoms with Gasteiger partial charge in [-0.15, -0.1) is 11.3 Å². The largest absolute Gasteiger partial charge is 0.382 e. The second-order valence-electron chi connectivity index (χ2n) is 8.63. The Bertz CT molecular complexity index is 1380. The molecule has 2 heterocycles. The molecule has 0 atom stereocenters. The van der Waals surface area contributed by atoms with Crippen molar-refractivity contribution in [3.8, 4) is 0 Å². The summed E-state index contributed by atoms with van der Waals surface area (Å²) in [4.78, 5) is 26.7. The third-order valence-corrected chi connectivity index (χ3v) is 6.27. The molecular formula is C27H32N6O2S. The lowest BCUT2D eigenvalue weighted by molar-refractivity contribution is -0.108. The fraction of sp³-hybridized carbons (Fsp3) is 0.259. The molecule has 36 heavy (non-hydrogen) atoms. The number of aromatic nitrogens is 1. The summed E-state index contributed by atoms with van der Waals surface area (Å²) in [5, 5.41) is 13.9. The normalized spacial score (nSPS) is 11.3. The van der Waals surface area contributed by atoms with Crippen molar-refractivity contribution in [2.24, 2.45) is 22.6 Å². The maximum atomic E-state index is 12.3. The van der Waals surface area contributed by atoms with E-state index in [1.165, 1.54) is 0 Å². The van der Waals surface area contributed by atoms with Gasteiger partial charge in [0.1, 0.15) is 17.9 Å². The van der Waals surface area contributed by atoms with Crippen molar-refractivity contribution in [3.63, 3.8) is 0 Å². The molecule has 0 aliphatic rings. The van der Waals surface area contributed by atoms with Gasteiger partial charge in [0.25, 0.3) is 5.91 Å². The molecule has 0 fully saturated rings. The zero-order valence-electron chi connectivity index (χ0n) is 20.7. The van der Waals surface area contributed by atoms with Gasteiger partial charge in [-0.1, -0.05) is 39.0 Å². The van der Waals surface area contributed by atoms with Crippen LogP contribution in [0.2, 0.25) is 0 Å². The van der Waals surface area contributed by atoms with Gasteiger partial charge in [0.2, 0.25) is 0 Å². The molecule has 188 valence electrons. The minimum Gasteiger partial charge on any atom is -0.382 e. The Morgan fingerprint density at radius 3 is 2.61 bits per heavy atom. The number of amides is 1. The van der Waals surface area contributed by atoms with Gasteiger partial charge < -0.3 is 27.0 Å². The van der Waals surface area contributed by atoms with Gasteiger partial charge in [-0.25, -0.2) is 4.98 Å². The van der Waals surface area contributed by atoms with Gasteiger partial charge in [-0.05, 0) is 48.1 Å². The highest BCUT2D eigenvalue weighted by atomic mass is 32.1. The van der Waals surface area contributed by atoms with Crippen molar-refractivity contribution in [1.29, 1.82) is 0 Å². The lowest BCUT2D eigenvalue weighted by Crippen LogP contribution is -2.23. The smallest absolute Gasteiger partial charge is 0.251 e. The molecule has 0 aliphatic heterocycles. The zero-order chi connectivity index (χ0) is 26.1. The number of carbonyl (C=O) groups is 2. The second kappa shape index (κ2) is 12.6. The fourth-order valence-electron chi connectivity index (χ4n) is 3.44. The molecule has 0 unspecified atom stereocenters. The van der Waals surface area contributed by atoms with Gasteiger partial charge in [-0.2, -0.15) is 5.10 Å². The number of hydrogen-bond acceptors (Lipinski definition) is 7. The molecule has 0 radical (unpaired) electrons. The highest BCUT2D eigenvalue weighted by Crippen LogP contribution is 2.35. The van der Waals surface area contributed by atoms with Crippen molar-refractivity contribution in [1.82, 2.24) is 10.3 Å². The van der Waals surface area contributed by atoms with Crippen LogP contribution in [0, 0.1) is 5.92 Å². The number of carbonyl (C=O) groups excluding carboxylic acids is 2. The minimum atomic E-state index is -0.0890. The summed E-state index contributed by atoms with van der Waals surface area (Å²) in [6.07, 6.45) is 2.53. The van der Waals surface area contributed by atoms with Crippen LogP contribution in [0.25, 0.3) is 21.0 Å². The standard InChI is InChI=1S/C22H22N6OS.C5H10O/c1-2-9-25-22(29)14-4-3-5-15(11-14)26-21-17-8-10-30-19(17)16-7-6-13(20(23)28-24)12-18(16)27-21;1-5(2)3-4-6/h3-8,10-12H,2,9,24H2,1H3,(H2,23,28)(H,25,29)(H,26,27);4-5H,3H2,1-2H3. The molecule has 0 spiro atoms. The Hall–Kier alpha value is -3.98. The maximum Gasteiger partial charge on any atom is 0.251 e. The number of nitrogens with two attached hydrogens (primary N) is 2. The summed E-state index contributed by atoms with van der Waals surface area (Å²) in [7, 11) is 0. The van der Waals surface area contributed by atoms with Crippen LogP contribution in [-0.2, 0) is 4.79 Å². The molecule has 4 aromatic rings. The van der Waals surface area contributed by atoms with Crippen LogP contribution in [-0.4, -0.2) is 29.6 Å². The van der Waals surface area contributed by atoms with Crippen molar-refractivity contribution in [2.75, 3.05) is 11.9 Å². The second-order valence-corrected chi connectivity index (χ2v) is 9.54. The van der Waals surface area contributed by atoms with E-state index >= 15 is 0 Å². The predicted octanol–water partition coefficient (Wildman–Crippen LogP) is 5.14. The van der Waals surface area contributed by atoms with Crippen molar-refractivity contribution in [3.05, 3.63) is 65.0 Å². The number of pyridine rings is 1. The number of nitrogens with one attached hydrogen (secondary N) is 2. The fourth-order valence-corrected chi connectivity index (χ4v) is 4.37. The number of aldehydes is 1. The number of amidine groups is 1. The number of nitrogens with zero attached hydrogens (tertiary/aromatic N) is 2. The van der Waals surface area contributed by atoms with Crippen LogP contribution in [0.4, 0.5) is 11.5 Å². The van der Waals surface area contributed by atoms with E-state index in [0.29, 0.717) is 35.8 Å². The van der Waals surface area contributed by atoms with Crippen LogP contribution >= 0.6 is 11.3 Å². The number of rotatable bonds is 8. The predicted molar refractivity (Wildman–Crippen MR) is 150 cm³/mol. The van der Waals surface area contributed by atoms with Crippen LogP contribution in [0.3, 0.4) is 0 Å². The SMILES string of the molecule is CC(C)CC=O.CCCNC(=O)c1cccc(Nc2nc3cc(/C(N)=N/N)ccc3c3sccc23)c1. The summed E-state index contributed by atoms with van der Waals surface area (Å²) in [6.45, 7) is 6.72. The molecular weight excluding hydrogens is 472 g/mol. The van der Waals surface area contributed by atoms with Gasteiger partial charge >= 0.3 is 0 Å². The third kappa shape index (κ3) is 6.57. The average Bonchev–Trinajstić information content (AvgIpc) is 3.37. The lowest BCUT2D eigenvalue weighted by Gasteiger charge is -2.11. The highest BCUT2D eigenvalue weighted by Gasteiger charge is 2.12. The summed E-state index contributed by atoms with van der Waals surface area (Å²) >= 11 is 1.65. The van der Waals surface area contributed by atoms with Gasteiger partial charge in [-0.3, -0.25) is 4.79 Å². The van der Waals surface area contributed by atoms with E-state index in [0.717, 1.165) is 39.4 Å². The third-order valence-electron chi connectivity index (χ3n) is 5.32. The Labute approximate surface area is 214 Å². The van der Waals surface area contributed by atoms with E-state index in [4.69, 9.17) is 16.6 Å².